The molecule has 0 nitrogen and oxygen atoms in total. The summed E-state index contributed by atoms with van der Waals surface area (Å²) in [6.07, 6.45) is 0. The van der Waals surface area contributed by atoms with Crippen molar-refractivity contribution in [1.82, 2.24) is 0 Å². The van der Waals surface area contributed by atoms with Crippen LogP contribution in [0.25, 0.3) is 0 Å². The topological polar surface area (TPSA) is 0 Å². The first-order chi connectivity index (χ1) is 5.35. The van der Waals surface area contributed by atoms with Crippen molar-refractivity contribution >= 4 is 37.2 Å². The summed E-state index contributed by atoms with van der Waals surface area (Å²) < 4.78 is 0. The Labute approximate surface area is 101 Å². The summed E-state index contributed by atoms with van der Waals surface area (Å²) in [5.41, 5.74) is 0. The normalized spacial score (nSPS) is 6.25. The first-order valence-corrected chi connectivity index (χ1v) is 7.21. The van der Waals surface area contributed by atoms with E-state index >= 15 is 0 Å². The van der Waals surface area contributed by atoms with Crippen LogP contribution >= 0.6 is 0 Å². The van der Waals surface area contributed by atoms with Crippen LogP contribution in [-0.4, -0.2) is 37.2 Å². The van der Waals surface area contributed by atoms with E-state index in [4.69, 9.17) is 0 Å². The van der Waals surface area contributed by atoms with E-state index in [1.54, 1.807) is 13.8 Å². The van der Waals surface area contributed by atoms with Gasteiger partial charge in [-0.25, -0.2) is 0 Å². The molecule has 0 atom stereocenters. The SMILES string of the molecule is C[CH2][Al]([CH2]C)[CH2]C.[CH2-]C.[CH2-]C.[Mg+2]. The largest absolute Gasteiger partial charge is 2.00 e. The maximum atomic E-state index is 3.25. The second kappa shape index (κ2) is 29.5. The Morgan fingerprint density at radius 1 is 0.750 bits per heavy atom. The number of hydrogen-bond donors (Lipinski definition) is 0. The third-order valence-electron chi connectivity index (χ3n) is 1.73. The van der Waals surface area contributed by atoms with E-state index in [1.165, 1.54) is 15.8 Å². The molecule has 70 valence electrons. The first-order valence-electron chi connectivity index (χ1n) is 4.76. The van der Waals surface area contributed by atoms with Crippen LogP contribution in [0, 0.1) is 13.8 Å². The molecule has 0 aliphatic heterocycles. The second-order valence-electron chi connectivity index (χ2n) is 2.09. The molecule has 2 heteroatoms. The van der Waals surface area contributed by atoms with Gasteiger partial charge < -0.3 is 13.8 Å². The molecule has 0 saturated carbocycles. The summed E-state index contributed by atoms with van der Waals surface area (Å²) in [4.78, 5) is 0. The average molecular weight is 197 g/mol. The summed E-state index contributed by atoms with van der Waals surface area (Å²) in [6.45, 7) is 17.0. The Kier molecular flexibility index (Phi) is 57.1. The van der Waals surface area contributed by atoms with Crippen molar-refractivity contribution in [3.05, 3.63) is 13.8 Å². The fourth-order valence-corrected chi connectivity index (χ4v) is 2.60. The molecule has 0 radical (unpaired) electrons. The van der Waals surface area contributed by atoms with Gasteiger partial charge in [0.25, 0.3) is 14.1 Å². The van der Waals surface area contributed by atoms with Crippen molar-refractivity contribution in [2.24, 2.45) is 0 Å². The molecule has 0 aromatic heterocycles. The molecule has 0 N–H and O–H groups in total. The molecule has 0 aliphatic carbocycles. The van der Waals surface area contributed by atoms with Gasteiger partial charge in [-0.15, -0.1) is 0 Å². The fraction of sp³-hybridized carbons (Fsp3) is 0.800. The molecule has 0 saturated heterocycles. The van der Waals surface area contributed by atoms with E-state index in [0.29, 0.717) is 0 Å². The van der Waals surface area contributed by atoms with Gasteiger partial charge in [0.05, 0.1) is 0 Å². The Morgan fingerprint density at radius 2 is 0.917 bits per heavy atom. The zero-order valence-electron chi connectivity index (χ0n) is 9.82. The molecular weight excluding hydrogens is 171 g/mol. The van der Waals surface area contributed by atoms with Crippen molar-refractivity contribution in [2.45, 2.75) is 50.5 Å². The number of hydrogen-bond acceptors (Lipinski definition) is 0. The van der Waals surface area contributed by atoms with Crippen LogP contribution in [0.1, 0.15) is 34.6 Å². The van der Waals surface area contributed by atoms with E-state index in [1.807, 2.05) is 0 Å². The van der Waals surface area contributed by atoms with Crippen molar-refractivity contribution < 1.29 is 0 Å². The maximum Gasteiger partial charge on any atom is 2.00 e. The van der Waals surface area contributed by atoms with Crippen LogP contribution in [0.5, 0.6) is 0 Å². The van der Waals surface area contributed by atoms with Gasteiger partial charge in [-0.3, -0.25) is 0 Å². The minimum Gasteiger partial charge on any atom is -0.346 e. The predicted octanol–water partition coefficient (Wildman–Crippen LogP) is 3.84. The van der Waals surface area contributed by atoms with Gasteiger partial charge in [0.15, 0.2) is 0 Å². The maximum absolute atomic E-state index is 3.25. The zero-order chi connectivity index (χ0) is 9.70. The molecule has 0 heterocycles. The van der Waals surface area contributed by atoms with Gasteiger partial charge in [-0.05, 0) is 0 Å². The molecule has 12 heavy (non-hydrogen) atoms. The Hall–Kier alpha value is 1.30. The smallest absolute Gasteiger partial charge is 0.346 e. The van der Waals surface area contributed by atoms with E-state index in [-0.39, 0.29) is 37.2 Å². The molecule has 0 spiro atoms. The third kappa shape index (κ3) is 22.5. The Bertz CT molecular complexity index is 31.3. The molecular formula is C10H25AlMg. The quantitative estimate of drug-likeness (QED) is 0.475. The molecule has 0 rings (SSSR count). The van der Waals surface area contributed by atoms with Crippen LogP contribution in [-0.2, 0) is 0 Å². The van der Waals surface area contributed by atoms with Crippen molar-refractivity contribution in [3.63, 3.8) is 0 Å². The monoisotopic (exact) mass is 196 g/mol. The second-order valence-corrected chi connectivity index (χ2v) is 6.27. The van der Waals surface area contributed by atoms with Gasteiger partial charge in [-0.1, -0.05) is 36.6 Å². The van der Waals surface area contributed by atoms with Gasteiger partial charge in [-0.2, -0.15) is 13.8 Å². The molecule has 0 aliphatic rings. The average Bonchev–Trinajstić information content (AvgIpc) is 2.14. The van der Waals surface area contributed by atoms with E-state index < -0.39 is 0 Å². The van der Waals surface area contributed by atoms with Crippen molar-refractivity contribution in [3.8, 4) is 0 Å². The van der Waals surface area contributed by atoms with Crippen LogP contribution in [0.2, 0.25) is 15.8 Å². The van der Waals surface area contributed by atoms with Crippen LogP contribution < -0.4 is 0 Å². The molecule has 0 unspecified atom stereocenters. The summed E-state index contributed by atoms with van der Waals surface area (Å²) in [5, 5.41) is 4.48. The van der Waals surface area contributed by atoms with Crippen LogP contribution in [0.15, 0.2) is 0 Å². The van der Waals surface area contributed by atoms with Crippen molar-refractivity contribution in [2.75, 3.05) is 0 Å². The van der Waals surface area contributed by atoms with Gasteiger partial charge in [0, 0.05) is 0 Å². The van der Waals surface area contributed by atoms with Gasteiger partial charge in [0.2, 0.25) is 0 Å². The molecule has 0 aromatic carbocycles. The first kappa shape index (κ1) is 23.3. The molecule has 0 amide bonds. The third-order valence-corrected chi connectivity index (χ3v) is 5.20. The molecule has 0 fully saturated rings. The van der Waals surface area contributed by atoms with Crippen molar-refractivity contribution in [1.29, 1.82) is 0 Å². The summed E-state index contributed by atoms with van der Waals surface area (Å²) in [6, 6.07) is 0. The zero-order valence-corrected chi connectivity index (χ0v) is 12.4. The Morgan fingerprint density at radius 3 is 0.917 bits per heavy atom. The molecule has 0 bridgehead atoms. The summed E-state index contributed by atoms with van der Waals surface area (Å²) in [7, 11) is 0. The predicted molar refractivity (Wildman–Crippen MR) is 65.0 cm³/mol. The fourth-order valence-electron chi connectivity index (χ4n) is 0.866. The minimum absolute atomic E-state index is 0. The standard InChI is InChI=1S/5C2H5.Al.Mg/c5*1-2;;/h5*1H2,2H3;;/q;;;2*-1;;+2. The minimum atomic E-state index is -0.171. The Balaban J connectivity index is -0.0000000560. The van der Waals surface area contributed by atoms with E-state index in [2.05, 4.69) is 34.6 Å². The van der Waals surface area contributed by atoms with Crippen LogP contribution in [0.3, 0.4) is 0 Å². The van der Waals surface area contributed by atoms with Gasteiger partial charge >= 0.3 is 23.1 Å². The van der Waals surface area contributed by atoms with Gasteiger partial charge in [0.1, 0.15) is 0 Å². The molecule has 0 aromatic rings. The van der Waals surface area contributed by atoms with E-state index in [0.717, 1.165) is 0 Å². The van der Waals surface area contributed by atoms with Crippen LogP contribution in [0.4, 0.5) is 0 Å². The summed E-state index contributed by atoms with van der Waals surface area (Å²) in [5.74, 6) is 0. The number of rotatable bonds is 3. The van der Waals surface area contributed by atoms with E-state index in [9.17, 15) is 0 Å². The summed E-state index contributed by atoms with van der Waals surface area (Å²) >= 11 is -0.171.